The van der Waals surface area contributed by atoms with Gasteiger partial charge in [-0.1, -0.05) is 18.2 Å². The Hall–Kier alpha value is -2.72. The molecule has 0 aliphatic rings. The minimum Gasteiger partial charge on any atom is -0.457 e. The molecule has 0 fully saturated rings. The van der Waals surface area contributed by atoms with Crippen molar-refractivity contribution >= 4 is 0 Å². The Labute approximate surface area is 127 Å². The minimum absolute atomic E-state index is 0.303. The molecule has 3 rings (SSSR count). The molecular weight excluding hydrogens is 281 g/mol. The molecule has 22 heavy (non-hydrogen) atoms. The second-order valence-corrected chi connectivity index (χ2v) is 4.81. The lowest BCUT2D eigenvalue weighted by Crippen LogP contribution is -1.99. The molecule has 1 atom stereocenters. The van der Waals surface area contributed by atoms with Gasteiger partial charge in [0.25, 0.3) is 0 Å². The van der Waals surface area contributed by atoms with E-state index in [-0.39, 0.29) is 5.82 Å². The molecule has 110 valence electrons. The molecule has 4 heteroatoms. The van der Waals surface area contributed by atoms with Crippen LogP contribution < -0.4 is 4.74 Å². The molecule has 3 aromatic rings. The molecule has 1 aromatic heterocycles. The Kier molecular flexibility index (Phi) is 4.12. The highest BCUT2D eigenvalue weighted by atomic mass is 19.1. The van der Waals surface area contributed by atoms with Crippen LogP contribution in [-0.4, -0.2) is 10.1 Å². The van der Waals surface area contributed by atoms with Crippen molar-refractivity contribution in [1.82, 2.24) is 4.98 Å². The second-order valence-electron chi connectivity index (χ2n) is 4.81. The van der Waals surface area contributed by atoms with Gasteiger partial charge in [-0.15, -0.1) is 0 Å². The third kappa shape index (κ3) is 3.30. The quantitative estimate of drug-likeness (QED) is 0.788. The summed E-state index contributed by atoms with van der Waals surface area (Å²) in [5, 5.41) is 10.3. The largest absolute Gasteiger partial charge is 0.457 e. The number of aromatic nitrogens is 1. The van der Waals surface area contributed by atoms with E-state index >= 15 is 0 Å². The molecule has 0 aliphatic heterocycles. The van der Waals surface area contributed by atoms with Gasteiger partial charge >= 0.3 is 0 Å². The first-order chi connectivity index (χ1) is 10.7. The maximum atomic E-state index is 12.8. The Morgan fingerprint density at radius 1 is 0.864 bits per heavy atom. The van der Waals surface area contributed by atoms with Crippen molar-refractivity contribution in [3.63, 3.8) is 0 Å². The summed E-state index contributed by atoms with van der Waals surface area (Å²) in [6.07, 6.45) is 2.57. The van der Waals surface area contributed by atoms with Gasteiger partial charge in [0.1, 0.15) is 23.4 Å². The van der Waals surface area contributed by atoms with Gasteiger partial charge in [-0.2, -0.15) is 0 Å². The number of hydrogen-bond acceptors (Lipinski definition) is 3. The van der Waals surface area contributed by atoms with Gasteiger partial charge in [-0.3, -0.25) is 4.98 Å². The first kappa shape index (κ1) is 14.2. The molecule has 0 saturated heterocycles. The molecule has 0 bridgehead atoms. The summed E-state index contributed by atoms with van der Waals surface area (Å²) in [5.74, 6) is 0.873. The highest BCUT2D eigenvalue weighted by molar-refractivity contribution is 5.36. The molecule has 2 aromatic carbocycles. The number of rotatable bonds is 4. The molecule has 0 saturated carbocycles. The van der Waals surface area contributed by atoms with Gasteiger partial charge in [0.2, 0.25) is 0 Å². The monoisotopic (exact) mass is 295 g/mol. The van der Waals surface area contributed by atoms with Crippen molar-refractivity contribution in [1.29, 1.82) is 0 Å². The van der Waals surface area contributed by atoms with Gasteiger partial charge in [0, 0.05) is 18.0 Å². The third-order valence-electron chi connectivity index (χ3n) is 3.25. The van der Waals surface area contributed by atoms with Crippen LogP contribution in [0, 0.1) is 5.82 Å². The van der Waals surface area contributed by atoms with Crippen LogP contribution in [0.4, 0.5) is 4.39 Å². The van der Waals surface area contributed by atoms with Crippen LogP contribution in [0.5, 0.6) is 11.5 Å². The van der Waals surface area contributed by atoms with E-state index in [9.17, 15) is 9.50 Å². The zero-order chi connectivity index (χ0) is 15.4. The minimum atomic E-state index is -0.728. The van der Waals surface area contributed by atoms with Gasteiger partial charge in [0.15, 0.2) is 0 Å². The van der Waals surface area contributed by atoms with E-state index in [0.717, 1.165) is 11.1 Å². The Balaban J connectivity index is 1.74. The highest BCUT2D eigenvalue weighted by Gasteiger charge is 2.10. The van der Waals surface area contributed by atoms with Gasteiger partial charge in [-0.25, -0.2) is 4.39 Å². The predicted molar refractivity (Wildman–Crippen MR) is 81.2 cm³/mol. The van der Waals surface area contributed by atoms with Crippen LogP contribution in [-0.2, 0) is 0 Å². The molecule has 0 aliphatic carbocycles. The SMILES string of the molecule is OC(c1ccc(Oc2ccc(F)cc2)cc1)c1cccnc1. The predicted octanol–water partition coefficient (Wildman–Crippen LogP) is 4.09. The van der Waals surface area contributed by atoms with Crippen LogP contribution in [0.1, 0.15) is 17.2 Å². The lowest BCUT2D eigenvalue weighted by atomic mass is 10.0. The summed E-state index contributed by atoms with van der Waals surface area (Å²) in [6.45, 7) is 0. The highest BCUT2D eigenvalue weighted by Crippen LogP contribution is 2.26. The number of hydrogen-bond donors (Lipinski definition) is 1. The summed E-state index contributed by atoms with van der Waals surface area (Å²) in [7, 11) is 0. The lowest BCUT2D eigenvalue weighted by molar-refractivity contribution is 0.220. The third-order valence-corrected chi connectivity index (χ3v) is 3.25. The van der Waals surface area contributed by atoms with Crippen molar-refractivity contribution in [3.05, 3.63) is 90.0 Å². The Morgan fingerprint density at radius 3 is 2.09 bits per heavy atom. The van der Waals surface area contributed by atoms with Gasteiger partial charge in [-0.05, 0) is 48.0 Å². The van der Waals surface area contributed by atoms with E-state index in [0.29, 0.717) is 11.5 Å². The normalized spacial score (nSPS) is 11.9. The van der Waals surface area contributed by atoms with Crippen LogP contribution in [0.3, 0.4) is 0 Å². The maximum absolute atomic E-state index is 12.8. The number of benzene rings is 2. The average Bonchev–Trinajstić information content (AvgIpc) is 2.58. The van der Waals surface area contributed by atoms with E-state index in [4.69, 9.17) is 4.74 Å². The summed E-state index contributed by atoms with van der Waals surface area (Å²) in [4.78, 5) is 4.00. The first-order valence-corrected chi connectivity index (χ1v) is 6.84. The maximum Gasteiger partial charge on any atom is 0.127 e. The molecule has 3 nitrogen and oxygen atoms in total. The van der Waals surface area contributed by atoms with E-state index in [1.807, 2.05) is 6.07 Å². The van der Waals surface area contributed by atoms with E-state index in [1.165, 1.54) is 12.1 Å². The van der Waals surface area contributed by atoms with Crippen molar-refractivity contribution in [2.24, 2.45) is 0 Å². The van der Waals surface area contributed by atoms with Crippen LogP contribution in [0.15, 0.2) is 73.1 Å². The zero-order valence-electron chi connectivity index (χ0n) is 11.7. The van der Waals surface area contributed by atoms with Crippen molar-refractivity contribution in [2.75, 3.05) is 0 Å². The molecule has 0 amide bonds. The Morgan fingerprint density at radius 2 is 1.50 bits per heavy atom. The van der Waals surface area contributed by atoms with Crippen LogP contribution in [0.2, 0.25) is 0 Å². The topological polar surface area (TPSA) is 42.4 Å². The summed E-state index contributed by atoms with van der Waals surface area (Å²) < 4.78 is 18.5. The van der Waals surface area contributed by atoms with Gasteiger partial charge in [0.05, 0.1) is 0 Å². The average molecular weight is 295 g/mol. The summed E-state index contributed by atoms with van der Waals surface area (Å²) in [5.41, 5.74) is 1.48. The smallest absolute Gasteiger partial charge is 0.127 e. The molecular formula is C18H14FNO2. The zero-order valence-corrected chi connectivity index (χ0v) is 11.7. The van der Waals surface area contributed by atoms with E-state index in [2.05, 4.69) is 4.98 Å². The molecule has 0 radical (unpaired) electrons. The Bertz CT molecular complexity index is 727. The number of aliphatic hydroxyl groups excluding tert-OH is 1. The van der Waals surface area contributed by atoms with Crippen molar-refractivity contribution in [2.45, 2.75) is 6.10 Å². The molecule has 0 spiro atoms. The number of nitrogens with zero attached hydrogens (tertiary/aromatic N) is 1. The van der Waals surface area contributed by atoms with E-state index in [1.54, 1.807) is 54.9 Å². The second kappa shape index (κ2) is 6.37. The fourth-order valence-corrected chi connectivity index (χ4v) is 2.09. The van der Waals surface area contributed by atoms with E-state index < -0.39 is 6.10 Å². The van der Waals surface area contributed by atoms with Gasteiger partial charge < -0.3 is 9.84 Å². The lowest BCUT2D eigenvalue weighted by Gasteiger charge is -2.12. The number of aliphatic hydroxyl groups is 1. The number of pyridine rings is 1. The fraction of sp³-hybridized carbons (Fsp3) is 0.0556. The van der Waals surface area contributed by atoms with Crippen molar-refractivity contribution < 1.29 is 14.2 Å². The molecule has 1 heterocycles. The fourth-order valence-electron chi connectivity index (χ4n) is 2.09. The number of ether oxygens (including phenoxy) is 1. The number of halogens is 1. The first-order valence-electron chi connectivity index (χ1n) is 6.84. The summed E-state index contributed by atoms with van der Waals surface area (Å²) in [6, 6.07) is 16.5. The standard InChI is InChI=1S/C18H14FNO2/c19-15-5-9-17(10-6-15)22-16-7-3-13(4-8-16)18(21)14-2-1-11-20-12-14/h1-12,18,21H. The van der Waals surface area contributed by atoms with Crippen LogP contribution in [0.25, 0.3) is 0 Å². The molecule has 1 unspecified atom stereocenters. The van der Waals surface area contributed by atoms with Crippen molar-refractivity contribution in [3.8, 4) is 11.5 Å². The summed E-state index contributed by atoms with van der Waals surface area (Å²) >= 11 is 0. The van der Waals surface area contributed by atoms with Crippen LogP contribution >= 0.6 is 0 Å². The molecule has 1 N–H and O–H groups in total.